The van der Waals surface area contributed by atoms with Gasteiger partial charge < -0.3 is 16.4 Å². The fraction of sp³-hybridized carbons (Fsp3) is 0.333. The molecular formula is C12H16N4OS2. The van der Waals surface area contributed by atoms with E-state index in [1.165, 1.54) is 22.7 Å². The van der Waals surface area contributed by atoms with Crippen LogP contribution in [-0.2, 0) is 0 Å². The zero-order valence-electron chi connectivity index (χ0n) is 10.8. The zero-order valence-corrected chi connectivity index (χ0v) is 12.4. The number of aromatic nitrogens is 1. The van der Waals surface area contributed by atoms with Crippen LogP contribution in [0.1, 0.15) is 23.5 Å². The highest BCUT2D eigenvalue weighted by Gasteiger charge is 2.16. The second-order valence-electron chi connectivity index (χ2n) is 4.47. The summed E-state index contributed by atoms with van der Waals surface area (Å²) in [6.45, 7) is 5.01. The molecule has 2 heterocycles. The number of thiazole rings is 1. The van der Waals surface area contributed by atoms with E-state index in [4.69, 9.17) is 5.73 Å². The van der Waals surface area contributed by atoms with E-state index in [1.807, 2.05) is 16.8 Å². The Bertz CT molecular complexity index is 548. The molecule has 0 saturated carbocycles. The molecule has 4 N–H and O–H groups in total. The number of thiophene rings is 1. The molecule has 5 nitrogen and oxygen atoms in total. The Morgan fingerprint density at radius 2 is 2.32 bits per heavy atom. The summed E-state index contributed by atoms with van der Waals surface area (Å²) in [6, 6.07) is 1.84. The predicted octanol–water partition coefficient (Wildman–Crippen LogP) is 3.11. The SMILES string of the molecule is CC(C)CNc1nc(N)c(C(=O)Nc2ccsc2)s1. The summed E-state index contributed by atoms with van der Waals surface area (Å²) in [7, 11) is 0. The first kappa shape index (κ1) is 13.8. The Kier molecular flexibility index (Phi) is 4.39. The van der Waals surface area contributed by atoms with Crippen LogP contribution in [0.2, 0.25) is 0 Å². The van der Waals surface area contributed by atoms with E-state index < -0.39 is 0 Å². The van der Waals surface area contributed by atoms with Crippen LogP contribution >= 0.6 is 22.7 Å². The Morgan fingerprint density at radius 3 is 2.95 bits per heavy atom. The molecule has 0 radical (unpaired) electrons. The quantitative estimate of drug-likeness (QED) is 0.792. The number of carbonyl (C=O) groups is 1. The average Bonchev–Trinajstić information content (AvgIpc) is 2.96. The molecule has 1 amide bonds. The summed E-state index contributed by atoms with van der Waals surface area (Å²) in [5, 5.41) is 10.4. The molecule has 0 aliphatic carbocycles. The van der Waals surface area contributed by atoms with Crippen molar-refractivity contribution in [3.63, 3.8) is 0 Å². The maximum atomic E-state index is 12.0. The van der Waals surface area contributed by atoms with Crippen molar-refractivity contribution in [3.8, 4) is 0 Å². The van der Waals surface area contributed by atoms with E-state index in [0.29, 0.717) is 15.9 Å². The lowest BCUT2D eigenvalue weighted by atomic mass is 10.2. The highest BCUT2D eigenvalue weighted by molar-refractivity contribution is 7.18. The van der Waals surface area contributed by atoms with Crippen molar-refractivity contribution in [2.45, 2.75) is 13.8 Å². The number of nitrogens with zero attached hydrogens (tertiary/aromatic N) is 1. The lowest BCUT2D eigenvalue weighted by Crippen LogP contribution is -2.11. The molecule has 2 aromatic rings. The van der Waals surface area contributed by atoms with Gasteiger partial charge in [-0.3, -0.25) is 4.79 Å². The van der Waals surface area contributed by atoms with Gasteiger partial charge >= 0.3 is 0 Å². The lowest BCUT2D eigenvalue weighted by molar-refractivity contribution is 0.103. The fourth-order valence-electron chi connectivity index (χ4n) is 1.39. The van der Waals surface area contributed by atoms with Gasteiger partial charge in [0.05, 0.1) is 5.69 Å². The minimum Gasteiger partial charge on any atom is -0.382 e. The summed E-state index contributed by atoms with van der Waals surface area (Å²) < 4.78 is 0. The molecule has 2 rings (SSSR count). The summed E-state index contributed by atoms with van der Waals surface area (Å²) in [6.07, 6.45) is 0. The van der Waals surface area contributed by atoms with Gasteiger partial charge in [-0.1, -0.05) is 25.2 Å². The Balaban J connectivity index is 2.05. The highest BCUT2D eigenvalue weighted by Crippen LogP contribution is 2.26. The first-order valence-electron chi connectivity index (χ1n) is 5.90. The van der Waals surface area contributed by atoms with Crippen LogP contribution in [0.15, 0.2) is 16.8 Å². The van der Waals surface area contributed by atoms with E-state index in [1.54, 1.807) is 0 Å². The summed E-state index contributed by atoms with van der Waals surface area (Å²) in [4.78, 5) is 16.6. The largest absolute Gasteiger partial charge is 0.382 e. The molecule has 0 aromatic carbocycles. The minimum atomic E-state index is -0.217. The van der Waals surface area contributed by atoms with Gasteiger partial charge in [0, 0.05) is 11.9 Å². The van der Waals surface area contributed by atoms with E-state index in [9.17, 15) is 4.79 Å². The van der Waals surface area contributed by atoms with Gasteiger partial charge in [-0.05, 0) is 17.4 Å². The summed E-state index contributed by atoms with van der Waals surface area (Å²) in [5.41, 5.74) is 6.56. The summed E-state index contributed by atoms with van der Waals surface area (Å²) >= 11 is 2.80. The predicted molar refractivity (Wildman–Crippen MR) is 82.1 cm³/mol. The van der Waals surface area contributed by atoms with E-state index in [0.717, 1.165) is 12.2 Å². The maximum Gasteiger partial charge on any atom is 0.269 e. The highest BCUT2D eigenvalue weighted by atomic mass is 32.1. The van der Waals surface area contributed by atoms with E-state index in [2.05, 4.69) is 29.5 Å². The molecule has 0 bridgehead atoms. The molecule has 0 unspecified atom stereocenters. The van der Waals surface area contributed by atoms with Crippen LogP contribution < -0.4 is 16.4 Å². The number of hydrogen-bond donors (Lipinski definition) is 3. The molecule has 2 aromatic heterocycles. The third kappa shape index (κ3) is 3.68. The minimum absolute atomic E-state index is 0.217. The second kappa shape index (κ2) is 6.03. The van der Waals surface area contributed by atoms with Crippen LogP contribution in [0, 0.1) is 5.92 Å². The number of carbonyl (C=O) groups excluding carboxylic acids is 1. The van der Waals surface area contributed by atoms with Crippen LogP contribution in [0.5, 0.6) is 0 Å². The van der Waals surface area contributed by atoms with Gasteiger partial charge in [-0.2, -0.15) is 11.3 Å². The lowest BCUT2D eigenvalue weighted by Gasteiger charge is -2.04. The first-order chi connectivity index (χ1) is 9.06. The first-order valence-corrected chi connectivity index (χ1v) is 7.66. The van der Waals surface area contributed by atoms with Crippen molar-refractivity contribution in [1.29, 1.82) is 0 Å². The molecular weight excluding hydrogens is 280 g/mol. The summed E-state index contributed by atoms with van der Waals surface area (Å²) in [5.74, 6) is 0.559. The molecule has 0 spiro atoms. The Hall–Kier alpha value is -1.60. The van der Waals surface area contributed by atoms with Crippen LogP contribution in [0.3, 0.4) is 0 Å². The van der Waals surface area contributed by atoms with Gasteiger partial charge in [0.25, 0.3) is 5.91 Å². The molecule has 0 atom stereocenters. The standard InChI is InChI=1S/C12H16N4OS2/c1-7(2)5-14-12-16-10(13)9(19-12)11(17)15-8-3-4-18-6-8/h3-4,6-7H,5,13H2,1-2H3,(H,14,16)(H,15,17). The van der Waals surface area contributed by atoms with Gasteiger partial charge in [-0.25, -0.2) is 4.98 Å². The third-order valence-electron chi connectivity index (χ3n) is 2.30. The van der Waals surface area contributed by atoms with Crippen molar-refractivity contribution < 1.29 is 4.79 Å². The number of hydrogen-bond acceptors (Lipinski definition) is 6. The Morgan fingerprint density at radius 1 is 1.53 bits per heavy atom. The van der Waals surface area contributed by atoms with Crippen molar-refractivity contribution >= 4 is 45.2 Å². The molecule has 0 aliphatic rings. The van der Waals surface area contributed by atoms with E-state index >= 15 is 0 Å². The molecule has 102 valence electrons. The van der Waals surface area contributed by atoms with Crippen LogP contribution in [-0.4, -0.2) is 17.4 Å². The normalized spacial score (nSPS) is 10.7. The topological polar surface area (TPSA) is 80.0 Å². The monoisotopic (exact) mass is 296 g/mol. The third-order valence-corrected chi connectivity index (χ3v) is 4.01. The van der Waals surface area contributed by atoms with Gasteiger partial charge in [0.1, 0.15) is 10.7 Å². The van der Waals surface area contributed by atoms with Gasteiger partial charge in [0.2, 0.25) is 0 Å². The Labute approximate surface area is 119 Å². The number of rotatable bonds is 5. The van der Waals surface area contributed by atoms with E-state index in [-0.39, 0.29) is 11.7 Å². The van der Waals surface area contributed by atoms with Crippen molar-refractivity contribution in [1.82, 2.24) is 4.98 Å². The second-order valence-corrected chi connectivity index (χ2v) is 6.25. The van der Waals surface area contributed by atoms with Crippen molar-refractivity contribution in [3.05, 3.63) is 21.7 Å². The van der Waals surface area contributed by atoms with Crippen molar-refractivity contribution in [2.75, 3.05) is 22.9 Å². The number of amides is 1. The zero-order chi connectivity index (χ0) is 13.8. The molecule has 0 saturated heterocycles. The van der Waals surface area contributed by atoms with Gasteiger partial charge in [-0.15, -0.1) is 0 Å². The maximum absolute atomic E-state index is 12.0. The number of nitrogens with two attached hydrogens (primary N) is 1. The smallest absolute Gasteiger partial charge is 0.269 e. The number of nitrogen functional groups attached to an aromatic ring is 1. The average molecular weight is 296 g/mol. The fourth-order valence-corrected chi connectivity index (χ4v) is 2.76. The number of nitrogens with one attached hydrogen (secondary N) is 2. The molecule has 19 heavy (non-hydrogen) atoms. The van der Waals surface area contributed by atoms with Crippen LogP contribution in [0.4, 0.5) is 16.6 Å². The van der Waals surface area contributed by atoms with Crippen molar-refractivity contribution in [2.24, 2.45) is 5.92 Å². The molecule has 7 heteroatoms. The molecule has 0 aliphatic heterocycles. The number of anilines is 3. The molecule has 0 fully saturated rings. The van der Waals surface area contributed by atoms with Crippen LogP contribution in [0.25, 0.3) is 0 Å². The van der Waals surface area contributed by atoms with Gasteiger partial charge in [0.15, 0.2) is 5.13 Å².